The molecule has 3 N–H and O–H groups in total. The van der Waals surface area contributed by atoms with Crippen LogP contribution in [0.2, 0.25) is 0 Å². The first kappa shape index (κ1) is 15.7. The lowest BCUT2D eigenvalue weighted by Gasteiger charge is -2.12. The van der Waals surface area contributed by atoms with Gasteiger partial charge in [0.15, 0.2) is 0 Å². The average molecular weight is 265 g/mol. The molecule has 0 fully saturated rings. The summed E-state index contributed by atoms with van der Waals surface area (Å²) in [7, 11) is 0. The fourth-order valence-electron chi connectivity index (χ4n) is 1.85. The van der Waals surface area contributed by atoms with Gasteiger partial charge in [-0.2, -0.15) is 0 Å². The van der Waals surface area contributed by atoms with Crippen LogP contribution < -0.4 is 5.32 Å². The maximum absolute atomic E-state index is 10.9. The first-order chi connectivity index (χ1) is 9.04. The molecule has 0 radical (unpaired) electrons. The summed E-state index contributed by atoms with van der Waals surface area (Å²) in [4.78, 5) is 10.9. The quantitative estimate of drug-likeness (QED) is 0.672. The van der Waals surface area contributed by atoms with E-state index in [0.29, 0.717) is 5.92 Å². The molecule has 0 amide bonds. The van der Waals surface area contributed by atoms with Gasteiger partial charge in [-0.3, -0.25) is 4.79 Å². The number of carboxylic acids is 1. The Hall–Kier alpha value is -1.39. The van der Waals surface area contributed by atoms with Crippen LogP contribution in [0.15, 0.2) is 24.3 Å². The van der Waals surface area contributed by atoms with Gasteiger partial charge in [0.25, 0.3) is 0 Å². The van der Waals surface area contributed by atoms with Gasteiger partial charge in [0.05, 0.1) is 5.92 Å². The molecule has 19 heavy (non-hydrogen) atoms. The third-order valence-electron chi connectivity index (χ3n) is 3.29. The van der Waals surface area contributed by atoms with Gasteiger partial charge in [-0.25, -0.2) is 0 Å². The second-order valence-corrected chi connectivity index (χ2v) is 5.05. The highest BCUT2D eigenvalue weighted by Crippen LogP contribution is 2.16. The molecule has 4 nitrogen and oxygen atoms in total. The van der Waals surface area contributed by atoms with Crippen LogP contribution >= 0.6 is 0 Å². The standard InChI is InChI=1S/C15H23NO3/c1-11(7-8-17)9-16-10-13-3-5-14(6-4-13)12(2)15(18)19/h3-6,11-12,16-17H,7-10H2,1-2H3,(H,18,19). The van der Waals surface area contributed by atoms with E-state index in [0.717, 1.165) is 30.6 Å². The minimum atomic E-state index is -0.802. The molecule has 4 heteroatoms. The summed E-state index contributed by atoms with van der Waals surface area (Å²) in [6, 6.07) is 7.65. The third-order valence-corrected chi connectivity index (χ3v) is 3.29. The van der Waals surface area contributed by atoms with Gasteiger partial charge in [-0.15, -0.1) is 0 Å². The van der Waals surface area contributed by atoms with Gasteiger partial charge < -0.3 is 15.5 Å². The Bertz CT molecular complexity index is 389. The van der Waals surface area contributed by atoms with Crippen molar-refractivity contribution in [3.8, 4) is 0 Å². The fraction of sp³-hybridized carbons (Fsp3) is 0.533. The minimum absolute atomic E-state index is 0.227. The average Bonchev–Trinajstić information content (AvgIpc) is 2.39. The van der Waals surface area contributed by atoms with Crippen molar-refractivity contribution in [1.29, 1.82) is 0 Å². The molecule has 0 heterocycles. The van der Waals surface area contributed by atoms with E-state index in [2.05, 4.69) is 12.2 Å². The van der Waals surface area contributed by atoms with Gasteiger partial charge in [-0.05, 0) is 36.9 Å². The highest BCUT2D eigenvalue weighted by Gasteiger charge is 2.12. The Balaban J connectivity index is 2.42. The second-order valence-electron chi connectivity index (χ2n) is 5.05. The smallest absolute Gasteiger partial charge is 0.310 e. The molecule has 0 bridgehead atoms. The lowest BCUT2D eigenvalue weighted by atomic mass is 10.00. The zero-order chi connectivity index (χ0) is 14.3. The molecule has 2 atom stereocenters. The van der Waals surface area contributed by atoms with Crippen LogP contribution in [0.1, 0.15) is 37.3 Å². The van der Waals surface area contributed by atoms with Gasteiger partial charge in [0, 0.05) is 13.2 Å². The molecule has 0 saturated carbocycles. The predicted octanol–water partition coefficient (Wildman–Crippen LogP) is 1.98. The van der Waals surface area contributed by atoms with Crippen LogP contribution in [0.4, 0.5) is 0 Å². The van der Waals surface area contributed by atoms with Crippen LogP contribution in [0.25, 0.3) is 0 Å². The summed E-state index contributed by atoms with van der Waals surface area (Å²) in [5.74, 6) is -0.813. The van der Waals surface area contributed by atoms with Crippen LogP contribution in [0.3, 0.4) is 0 Å². The normalized spacial score (nSPS) is 14.1. The molecule has 0 saturated heterocycles. The first-order valence-corrected chi connectivity index (χ1v) is 6.67. The molecule has 0 aliphatic carbocycles. The summed E-state index contributed by atoms with van der Waals surface area (Å²) in [6.07, 6.45) is 0.808. The van der Waals surface area contributed by atoms with Crippen LogP contribution in [-0.4, -0.2) is 29.3 Å². The van der Waals surface area contributed by atoms with E-state index >= 15 is 0 Å². The number of nitrogens with one attached hydrogen (secondary N) is 1. The van der Waals surface area contributed by atoms with E-state index in [-0.39, 0.29) is 6.61 Å². The van der Waals surface area contributed by atoms with Crippen molar-refractivity contribution in [2.24, 2.45) is 5.92 Å². The number of aliphatic hydroxyl groups is 1. The zero-order valence-corrected chi connectivity index (χ0v) is 11.6. The van der Waals surface area contributed by atoms with E-state index < -0.39 is 11.9 Å². The molecular formula is C15H23NO3. The fourth-order valence-corrected chi connectivity index (χ4v) is 1.85. The number of carboxylic acid groups (broad SMARTS) is 1. The number of hydrogen-bond donors (Lipinski definition) is 3. The van der Waals surface area contributed by atoms with Gasteiger partial charge >= 0.3 is 5.97 Å². The molecule has 1 aromatic carbocycles. The number of aliphatic carboxylic acids is 1. The molecule has 0 aliphatic rings. The largest absolute Gasteiger partial charge is 0.481 e. The summed E-state index contributed by atoms with van der Waals surface area (Å²) in [5.41, 5.74) is 1.96. The van der Waals surface area contributed by atoms with Crippen molar-refractivity contribution >= 4 is 5.97 Å². The zero-order valence-electron chi connectivity index (χ0n) is 11.6. The predicted molar refractivity (Wildman–Crippen MR) is 75.1 cm³/mol. The van der Waals surface area contributed by atoms with E-state index in [9.17, 15) is 4.79 Å². The molecule has 0 spiro atoms. The van der Waals surface area contributed by atoms with E-state index in [1.807, 2.05) is 24.3 Å². The highest BCUT2D eigenvalue weighted by molar-refractivity contribution is 5.75. The van der Waals surface area contributed by atoms with E-state index in [1.54, 1.807) is 6.92 Å². The number of rotatable bonds is 8. The van der Waals surface area contributed by atoms with Crippen molar-refractivity contribution in [2.45, 2.75) is 32.7 Å². The number of benzene rings is 1. The lowest BCUT2D eigenvalue weighted by Crippen LogP contribution is -2.21. The Morgan fingerprint density at radius 3 is 2.42 bits per heavy atom. The Morgan fingerprint density at radius 1 is 1.26 bits per heavy atom. The molecule has 106 valence electrons. The number of carbonyl (C=O) groups is 1. The monoisotopic (exact) mass is 265 g/mol. The van der Waals surface area contributed by atoms with Crippen molar-refractivity contribution in [1.82, 2.24) is 5.32 Å². The first-order valence-electron chi connectivity index (χ1n) is 6.67. The van der Waals surface area contributed by atoms with Crippen LogP contribution in [-0.2, 0) is 11.3 Å². The third kappa shape index (κ3) is 5.41. The number of hydrogen-bond acceptors (Lipinski definition) is 3. The van der Waals surface area contributed by atoms with Crippen molar-refractivity contribution in [2.75, 3.05) is 13.2 Å². The molecular weight excluding hydrogens is 242 g/mol. The molecule has 1 aromatic rings. The lowest BCUT2D eigenvalue weighted by molar-refractivity contribution is -0.138. The van der Waals surface area contributed by atoms with Crippen LogP contribution in [0, 0.1) is 5.92 Å². The van der Waals surface area contributed by atoms with Gasteiger partial charge in [0.2, 0.25) is 0 Å². The maximum atomic E-state index is 10.9. The minimum Gasteiger partial charge on any atom is -0.481 e. The summed E-state index contributed by atoms with van der Waals surface area (Å²) < 4.78 is 0. The molecule has 1 rings (SSSR count). The Morgan fingerprint density at radius 2 is 1.89 bits per heavy atom. The second kappa shape index (κ2) is 7.92. The van der Waals surface area contributed by atoms with Crippen molar-refractivity contribution in [3.63, 3.8) is 0 Å². The van der Waals surface area contributed by atoms with Crippen molar-refractivity contribution < 1.29 is 15.0 Å². The topological polar surface area (TPSA) is 69.6 Å². The Labute approximate surface area is 114 Å². The summed E-state index contributed by atoms with van der Waals surface area (Å²) in [6.45, 7) is 5.64. The summed E-state index contributed by atoms with van der Waals surface area (Å²) >= 11 is 0. The molecule has 2 unspecified atom stereocenters. The van der Waals surface area contributed by atoms with Gasteiger partial charge in [0.1, 0.15) is 0 Å². The SMILES string of the molecule is CC(CCO)CNCc1ccc(C(C)C(=O)O)cc1. The van der Waals surface area contributed by atoms with Crippen molar-refractivity contribution in [3.05, 3.63) is 35.4 Å². The molecule has 0 aromatic heterocycles. The van der Waals surface area contributed by atoms with E-state index in [1.165, 1.54) is 0 Å². The summed E-state index contributed by atoms with van der Waals surface area (Å²) in [5, 5.41) is 21.1. The molecule has 0 aliphatic heterocycles. The Kier molecular flexibility index (Phi) is 6.53. The van der Waals surface area contributed by atoms with Gasteiger partial charge in [-0.1, -0.05) is 31.2 Å². The highest BCUT2D eigenvalue weighted by atomic mass is 16.4. The van der Waals surface area contributed by atoms with Crippen LogP contribution in [0.5, 0.6) is 0 Å². The maximum Gasteiger partial charge on any atom is 0.310 e. The number of aliphatic hydroxyl groups excluding tert-OH is 1. The van der Waals surface area contributed by atoms with E-state index in [4.69, 9.17) is 10.2 Å².